The number of hydrogen-bond acceptors (Lipinski definition) is 3. The molecular weight excluding hydrogens is 240 g/mol. The van der Waals surface area contributed by atoms with Gasteiger partial charge in [0.15, 0.2) is 0 Å². The third-order valence-corrected chi connectivity index (χ3v) is 3.34. The van der Waals surface area contributed by atoms with Gasteiger partial charge in [-0.2, -0.15) is 0 Å². The van der Waals surface area contributed by atoms with E-state index in [1.54, 1.807) is 6.20 Å². The highest BCUT2D eigenvalue weighted by Gasteiger charge is 2.30. The average molecular weight is 258 g/mol. The summed E-state index contributed by atoms with van der Waals surface area (Å²) in [6.07, 6.45) is 1.72. The van der Waals surface area contributed by atoms with Crippen LogP contribution in [0.3, 0.4) is 0 Å². The largest absolute Gasteiger partial charge is 0.481 e. The summed E-state index contributed by atoms with van der Waals surface area (Å²) in [6, 6.07) is 9.58. The second-order valence-corrected chi connectivity index (χ2v) is 5.39. The molecule has 0 radical (unpaired) electrons. The number of nitrogens with zero attached hydrogens (tertiary/aromatic N) is 1. The molecule has 0 aliphatic rings. The van der Waals surface area contributed by atoms with Crippen molar-refractivity contribution in [2.75, 3.05) is 0 Å². The first-order valence-corrected chi connectivity index (χ1v) is 6.24. The molecule has 0 amide bonds. The number of carbonyl (C=O) groups is 1. The highest BCUT2D eigenvalue weighted by molar-refractivity contribution is 5.83. The van der Waals surface area contributed by atoms with Crippen molar-refractivity contribution < 1.29 is 9.90 Å². The Hall–Kier alpha value is -1.94. The molecule has 0 aliphatic heterocycles. The Morgan fingerprint density at radius 2 is 2.05 bits per heavy atom. The molecule has 1 aromatic heterocycles. The van der Waals surface area contributed by atoms with Crippen LogP contribution in [0.1, 0.15) is 31.7 Å². The van der Waals surface area contributed by atoms with E-state index in [0.29, 0.717) is 0 Å². The van der Waals surface area contributed by atoms with Crippen molar-refractivity contribution in [2.24, 2.45) is 5.73 Å². The van der Waals surface area contributed by atoms with Crippen LogP contribution in [-0.2, 0) is 4.79 Å². The number of benzene rings is 1. The Balaban J connectivity index is 2.59. The van der Waals surface area contributed by atoms with E-state index < -0.39 is 11.5 Å². The smallest absolute Gasteiger partial charge is 0.304 e. The van der Waals surface area contributed by atoms with E-state index in [9.17, 15) is 4.79 Å². The van der Waals surface area contributed by atoms with E-state index in [1.807, 2.05) is 44.2 Å². The van der Waals surface area contributed by atoms with Crippen LogP contribution >= 0.6 is 0 Å². The summed E-state index contributed by atoms with van der Waals surface area (Å²) in [4.78, 5) is 15.4. The molecule has 1 heterocycles. The van der Waals surface area contributed by atoms with E-state index in [1.165, 1.54) is 0 Å². The van der Waals surface area contributed by atoms with Crippen LogP contribution in [0.5, 0.6) is 0 Å². The molecule has 19 heavy (non-hydrogen) atoms. The standard InChI is InChI=1S/C15H18N2O2/c1-15(2,16)12(9-14(18)19)10-7-8-17-13-6-4-3-5-11(10)13/h3-8,12H,9,16H2,1-2H3,(H,18,19). The Kier molecular flexibility index (Phi) is 3.53. The van der Waals surface area contributed by atoms with Crippen LogP contribution in [0, 0.1) is 0 Å². The van der Waals surface area contributed by atoms with Gasteiger partial charge in [0.25, 0.3) is 0 Å². The predicted molar refractivity (Wildman–Crippen MR) is 75.0 cm³/mol. The van der Waals surface area contributed by atoms with Crippen molar-refractivity contribution in [3.05, 3.63) is 42.1 Å². The fourth-order valence-electron chi connectivity index (χ4n) is 2.37. The normalized spacial score (nSPS) is 13.4. The van der Waals surface area contributed by atoms with Crippen molar-refractivity contribution in [2.45, 2.75) is 31.7 Å². The molecule has 0 saturated heterocycles. The van der Waals surface area contributed by atoms with Crippen LogP contribution in [0.4, 0.5) is 0 Å². The quantitative estimate of drug-likeness (QED) is 0.883. The summed E-state index contributed by atoms with van der Waals surface area (Å²) < 4.78 is 0. The molecule has 0 bridgehead atoms. The molecule has 4 nitrogen and oxygen atoms in total. The Labute approximate surface area is 112 Å². The number of para-hydroxylation sites is 1. The molecule has 2 rings (SSSR count). The number of nitrogens with two attached hydrogens (primary N) is 1. The minimum absolute atomic E-state index is 0.0114. The molecule has 100 valence electrons. The molecule has 2 aromatic rings. The third-order valence-electron chi connectivity index (χ3n) is 3.34. The maximum atomic E-state index is 11.1. The van der Waals surface area contributed by atoms with Crippen molar-refractivity contribution in [3.63, 3.8) is 0 Å². The lowest BCUT2D eigenvalue weighted by Gasteiger charge is -2.30. The van der Waals surface area contributed by atoms with Crippen molar-refractivity contribution in [1.29, 1.82) is 0 Å². The van der Waals surface area contributed by atoms with Crippen LogP contribution in [-0.4, -0.2) is 21.6 Å². The van der Waals surface area contributed by atoms with E-state index in [2.05, 4.69) is 4.98 Å². The molecule has 1 aromatic carbocycles. The van der Waals surface area contributed by atoms with Crippen molar-refractivity contribution >= 4 is 16.9 Å². The Bertz CT molecular complexity index is 597. The zero-order valence-corrected chi connectivity index (χ0v) is 11.1. The third kappa shape index (κ3) is 2.90. The molecule has 4 heteroatoms. The lowest BCUT2D eigenvalue weighted by Crippen LogP contribution is -2.40. The lowest BCUT2D eigenvalue weighted by molar-refractivity contribution is -0.137. The first-order chi connectivity index (χ1) is 8.89. The van der Waals surface area contributed by atoms with Gasteiger partial charge in [0.05, 0.1) is 11.9 Å². The van der Waals surface area contributed by atoms with Crippen LogP contribution < -0.4 is 5.73 Å². The van der Waals surface area contributed by atoms with Gasteiger partial charge in [0, 0.05) is 23.0 Å². The van der Waals surface area contributed by atoms with Gasteiger partial charge >= 0.3 is 5.97 Å². The monoisotopic (exact) mass is 258 g/mol. The van der Waals surface area contributed by atoms with Crippen LogP contribution in [0.25, 0.3) is 10.9 Å². The van der Waals surface area contributed by atoms with Gasteiger partial charge in [-0.25, -0.2) is 0 Å². The van der Waals surface area contributed by atoms with Gasteiger partial charge in [0.1, 0.15) is 0 Å². The fraction of sp³-hybridized carbons (Fsp3) is 0.333. The molecule has 0 saturated carbocycles. The van der Waals surface area contributed by atoms with Gasteiger partial charge in [-0.3, -0.25) is 9.78 Å². The zero-order chi connectivity index (χ0) is 14.0. The summed E-state index contributed by atoms with van der Waals surface area (Å²) in [6.45, 7) is 3.71. The summed E-state index contributed by atoms with van der Waals surface area (Å²) in [5.74, 6) is -1.10. The second kappa shape index (κ2) is 4.97. The van der Waals surface area contributed by atoms with Gasteiger partial charge in [-0.05, 0) is 31.5 Å². The first kappa shape index (κ1) is 13.5. The number of carboxylic acids is 1. The molecule has 3 N–H and O–H groups in total. The molecule has 0 aliphatic carbocycles. The number of aromatic nitrogens is 1. The van der Waals surface area contributed by atoms with E-state index in [-0.39, 0.29) is 12.3 Å². The van der Waals surface area contributed by atoms with Gasteiger partial charge in [-0.1, -0.05) is 18.2 Å². The highest BCUT2D eigenvalue weighted by Crippen LogP contribution is 2.33. The fourth-order valence-corrected chi connectivity index (χ4v) is 2.37. The maximum absolute atomic E-state index is 11.1. The number of pyridine rings is 1. The number of fused-ring (bicyclic) bond motifs is 1. The number of hydrogen-bond donors (Lipinski definition) is 2. The number of aliphatic carboxylic acids is 1. The molecule has 1 unspecified atom stereocenters. The van der Waals surface area contributed by atoms with Gasteiger partial charge in [-0.15, -0.1) is 0 Å². The first-order valence-electron chi connectivity index (χ1n) is 6.24. The zero-order valence-electron chi connectivity index (χ0n) is 11.1. The summed E-state index contributed by atoms with van der Waals surface area (Å²) >= 11 is 0. The number of rotatable bonds is 4. The van der Waals surface area contributed by atoms with E-state index >= 15 is 0 Å². The highest BCUT2D eigenvalue weighted by atomic mass is 16.4. The van der Waals surface area contributed by atoms with Crippen LogP contribution in [0.15, 0.2) is 36.5 Å². The Morgan fingerprint density at radius 3 is 2.68 bits per heavy atom. The van der Waals surface area contributed by atoms with E-state index in [0.717, 1.165) is 16.5 Å². The Morgan fingerprint density at radius 1 is 1.37 bits per heavy atom. The summed E-state index contributed by atoms with van der Waals surface area (Å²) in [5, 5.41) is 10.1. The van der Waals surface area contributed by atoms with E-state index in [4.69, 9.17) is 10.8 Å². The summed E-state index contributed by atoms with van der Waals surface area (Å²) in [7, 11) is 0. The van der Waals surface area contributed by atoms with Gasteiger partial charge in [0.2, 0.25) is 0 Å². The predicted octanol–water partition coefficient (Wildman–Crippen LogP) is 2.53. The van der Waals surface area contributed by atoms with Crippen molar-refractivity contribution in [3.8, 4) is 0 Å². The summed E-state index contributed by atoms with van der Waals surface area (Å²) in [5.41, 5.74) is 7.36. The number of carboxylic acid groups (broad SMARTS) is 1. The molecular formula is C15H18N2O2. The minimum Gasteiger partial charge on any atom is -0.481 e. The topological polar surface area (TPSA) is 76.2 Å². The SMILES string of the molecule is CC(C)(N)C(CC(=O)O)c1ccnc2ccccc12. The van der Waals surface area contributed by atoms with Gasteiger partial charge < -0.3 is 10.8 Å². The second-order valence-electron chi connectivity index (χ2n) is 5.39. The maximum Gasteiger partial charge on any atom is 0.304 e. The average Bonchev–Trinajstić information content (AvgIpc) is 2.34. The van der Waals surface area contributed by atoms with Crippen LogP contribution in [0.2, 0.25) is 0 Å². The minimum atomic E-state index is -0.843. The van der Waals surface area contributed by atoms with Crippen molar-refractivity contribution in [1.82, 2.24) is 4.98 Å². The molecule has 1 atom stereocenters. The lowest BCUT2D eigenvalue weighted by atomic mass is 9.79. The molecule has 0 fully saturated rings. The molecule has 0 spiro atoms.